The number of hydrogen-bond donors (Lipinski definition) is 1. The first-order chi connectivity index (χ1) is 10.8. The second-order valence-electron chi connectivity index (χ2n) is 9.19. The van der Waals surface area contributed by atoms with Gasteiger partial charge in [-0.25, -0.2) is 0 Å². The van der Waals surface area contributed by atoms with Gasteiger partial charge >= 0.3 is 0 Å². The Hall–Kier alpha value is -1.42. The van der Waals surface area contributed by atoms with Crippen LogP contribution in [-0.4, -0.2) is 10.5 Å². The molecule has 0 aromatic heterocycles. The molecule has 4 fully saturated rings. The minimum Gasteiger partial charge on any atom is -0.307 e. The minimum atomic E-state index is -0.309. The van der Waals surface area contributed by atoms with Gasteiger partial charge in [0, 0.05) is 24.2 Å². The normalized spacial score (nSPS) is 41.2. The van der Waals surface area contributed by atoms with Crippen molar-refractivity contribution in [1.29, 1.82) is 0 Å². The number of nitrogens with zero attached hydrogens (tertiary/aromatic N) is 1. The van der Waals surface area contributed by atoms with Crippen LogP contribution >= 0.6 is 0 Å². The Morgan fingerprint density at radius 3 is 2.48 bits per heavy atom. The summed E-state index contributed by atoms with van der Waals surface area (Å²) in [5.74, 6) is 0.860. The molecule has 4 aliphatic rings. The van der Waals surface area contributed by atoms with Crippen LogP contribution in [0.2, 0.25) is 0 Å². The molecule has 0 saturated heterocycles. The van der Waals surface area contributed by atoms with Gasteiger partial charge in [0.2, 0.25) is 0 Å². The molecule has 124 valence electrons. The van der Waals surface area contributed by atoms with Crippen LogP contribution in [0.1, 0.15) is 57.9 Å². The van der Waals surface area contributed by atoms with Gasteiger partial charge in [-0.1, -0.05) is 26.0 Å². The molecule has 1 aromatic carbocycles. The van der Waals surface area contributed by atoms with E-state index in [1.807, 2.05) is 6.07 Å². The first-order valence-electron chi connectivity index (χ1n) is 8.77. The molecule has 0 radical (unpaired) electrons. The molecule has 4 bridgehead atoms. The van der Waals surface area contributed by atoms with E-state index in [9.17, 15) is 10.1 Å². The lowest BCUT2D eigenvalue weighted by molar-refractivity contribution is -0.384. The average Bonchev–Trinajstić information content (AvgIpc) is 2.42. The van der Waals surface area contributed by atoms with Crippen molar-refractivity contribution in [2.24, 2.45) is 16.7 Å². The predicted molar refractivity (Wildman–Crippen MR) is 90.1 cm³/mol. The molecule has 0 aliphatic heterocycles. The zero-order valence-electron chi connectivity index (χ0n) is 14.1. The maximum atomic E-state index is 10.9. The Kier molecular flexibility index (Phi) is 3.15. The molecule has 1 aromatic rings. The van der Waals surface area contributed by atoms with E-state index in [1.54, 1.807) is 18.2 Å². The van der Waals surface area contributed by atoms with E-state index in [1.165, 1.54) is 38.5 Å². The van der Waals surface area contributed by atoms with Gasteiger partial charge in [0.25, 0.3) is 5.69 Å². The van der Waals surface area contributed by atoms with E-state index >= 15 is 0 Å². The van der Waals surface area contributed by atoms with Crippen LogP contribution < -0.4 is 5.32 Å². The molecule has 23 heavy (non-hydrogen) atoms. The second kappa shape index (κ2) is 4.79. The van der Waals surface area contributed by atoms with Crippen LogP contribution in [0.5, 0.6) is 0 Å². The zero-order chi connectivity index (χ0) is 16.3. The number of nitrogens with one attached hydrogen (secondary N) is 1. The van der Waals surface area contributed by atoms with Crippen LogP contribution in [0.3, 0.4) is 0 Å². The molecule has 5 rings (SSSR count). The highest BCUT2D eigenvalue weighted by atomic mass is 16.6. The topological polar surface area (TPSA) is 55.2 Å². The minimum absolute atomic E-state index is 0.189. The van der Waals surface area contributed by atoms with Gasteiger partial charge in [0.1, 0.15) is 0 Å². The number of hydrogen-bond acceptors (Lipinski definition) is 3. The summed E-state index contributed by atoms with van der Waals surface area (Å²) in [7, 11) is 0. The van der Waals surface area contributed by atoms with Gasteiger partial charge in [-0.05, 0) is 60.8 Å². The molecule has 4 saturated carbocycles. The highest BCUT2D eigenvalue weighted by Crippen LogP contribution is 2.66. The highest BCUT2D eigenvalue weighted by Gasteiger charge is 2.59. The third kappa shape index (κ3) is 2.67. The summed E-state index contributed by atoms with van der Waals surface area (Å²) in [5, 5.41) is 14.8. The molecule has 2 atom stereocenters. The molecule has 4 heteroatoms. The third-order valence-corrected chi connectivity index (χ3v) is 6.42. The van der Waals surface area contributed by atoms with E-state index in [-0.39, 0.29) is 16.1 Å². The van der Waals surface area contributed by atoms with Crippen molar-refractivity contribution in [2.45, 2.75) is 64.5 Å². The second-order valence-corrected chi connectivity index (χ2v) is 9.19. The van der Waals surface area contributed by atoms with Crippen LogP contribution in [0.25, 0.3) is 0 Å². The maximum absolute atomic E-state index is 10.9. The molecule has 1 N–H and O–H groups in total. The highest BCUT2D eigenvalue weighted by molar-refractivity contribution is 5.34. The summed E-state index contributed by atoms with van der Waals surface area (Å²) in [6.07, 6.45) is 7.97. The van der Waals surface area contributed by atoms with Crippen molar-refractivity contribution >= 4 is 5.69 Å². The van der Waals surface area contributed by atoms with Crippen molar-refractivity contribution in [3.05, 3.63) is 39.9 Å². The molecule has 0 heterocycles. The Morgan fingerprint density at radius 2 is 1.87 bits per heavy atom. The van der Waals surface area contributed by atoms with Gasteiger partial charge in [0.05, 0.1) is 4.92 Å². The Bertz CT molecular complexity index is 639. The van der Waals surface area contributed by atoms with Crippen molar-refractivity contribution in [2.75, 3.05) is 0 Å². The third-order valence-electron chi connectivity index (χ3n) is 6.42. The SMILES string of the molecule is CC12CC3CC(C)(C1)CC(NCc1cccc([N+](=O)[O-])c1)(C3)C2. The lowest BCUT2D eigenvalue weighted by Gasteiger charge is -2.65. The fourth-order valence-electron chi connectivity index (χ4n) is 6.71. The Balaban J connectivity index is 1.53. The summed E-state index contributed by atoms with van der Waals surface area (Å²) in [6, 6.07) is 7.05. The van der Waals surface area contributed by atoms with E-state index in [0.29, 0.717) is 10.8 Å². The molecule has 2 unspecified atom stereocenters. The lowest BCUT2D eigenvalue weighted by atomic mass is 9.43. The Labute approximate surface area is 137 Å². The summed E-state index contributed by atoms with van der Waals surface area (Å²) in [4.78, 5) is 10.6. The summed E-state index contributed by atoms with van der Waals surface area (Å²) in [5.41, 5.74) is 2.43. The molecule has 4 aliphatic carbocycles. The molecule has 0 spiro atoms. The largest absolute Gasteiger partial charge is 0.307 e. The smallest absolute Gasteiger partial charge is 0.269 e. The summed E-state index contributed by atoms with van der Waals surface area (Å²) >= 11 is 0. The van der Waals surface area contributed by atoms with Gasteiger partial charge in [-0.2, -0.15) is 0 Å². The van der Waals surface area contributed by atoms with E-state index < -0.39 is 0 Å². The number of nitro groups is 1. The Morgan fingerprint density at radius 1 is 1.17 bits per heavy atom. The quantitative estimate of drug-likeness (QED) is 0.660. The number of benzene rings is 1. The van der Waals surface area contributed by atoms with Crippen molar-refractivity contribution in [1.82, 2.24) is 5.32 Å². The van der Waals surface area contributed by atoms with E-state index in [0.717, 1.165) is 18.0 Å². The summed E-state index contributed by atoms with van der Waals surface area (Å²) in [6.45, 7) is 5.68. The fourth-order valence-corrected chi connectivity index (χ4v) is 6.71. The first kappa shape index (κ1) is 15.1. The monoisotopic (exact) mass is 314 g/mol. The maximum Gasteiger partial charge on any atom is 0.269 e. The van der Waals surface area contributed by atoms with Crippen molar-refractivity contribution in [3.8, 4) is 0 Å². The lowest BCUT2D eigenvalue weighted by Crippen LogP contribution is -2.63. The van der Waals surface area contributed by atoms with Gasteiger partial charge in [0.15, 0.2) is 0 Å². The predicted octanol–water partition coefficient (Wildman–Crippen LogP) is 4.43. The first-order valence-corrected chi connectivity index (χ1v) is 8.77. The fraction of sp³-hybridized carbons (Fsp3) is 0.684. The number of nitro benzene ring substituents is 1. The van der Waals surface area contributed by atoms with Crippen LogP contribution in [0, 0.1) is 26.9 Å². The van der Waals surface area contributed by atoms with Crippen molar-refractivity contribution < 1.29 is 4.92 Å². The van der Waals surface area contributed by atoms with Crippen LogP contribution in [0.4, 0.5) is 5.69 Å². The average molecular weight is 314 g/mol. The molecule has 0 amide bonds. The van der Waals surface area contributed by atoms with Crippen molar-refractivity contribution in [3.63, 3.8) is 0 Å². The number of rotatable bonds is 4. The van der Waals surface area contributed by atoms with Gasteiger partial charge < -0.3 is 5.32 Å². The molecule has 4 nitrogen and oxygen atoms in total. The summed E-state index contributed by atoms with van der Waals surface area (Å²) < 4.78 is 0. The zero-order valence-corrected chi connectivity index (χ0v) is 14.1. The van der Waals surface area contributed by atoms with Gasteiger partial charge in [-0.15, -0.1) is 0 Å². The van der Waals surface area contributed by atoms with Crippen LogP contribution in [0.15, 0.2) is 24.3 Å². The molecular weight excluding hydrogens is 288 g/mol. The van der Waals surface area contributed by atoms with E-state index in [2.05, 4.69) is 19.2 Å². The van der Waals surface area contributed by atoms with E-state index in [4.69, 9.17) is 0 Å². The number of non-ortho nitro benzene ring substituents is 1. The van der Waals surface area contributed by atoms with Gasteiger partial charge in [-0.3, -0.25) is 10.1 Å². The van der Waals surface area contributed by atoms with Crippen LogP contribution in [-0.2, 0) is 6.54 Å². The standard InChI is InChI=1S/C19H26N2O2/c1-17-7-15-8-18(2,11-17)13-19(9-15,12-17)20-10-14-4-3-5-16(6-14)21(22)23/h3-6,15,20H,7-13H2,1-2H3. The molecular formula is C19H26N2O2.